The third kappa shape index (κ3) is 3.09. The Labute approximate surface area is 165 Å². The molecule has 0 unspecified atom stereocenters. The molecule has 0 spiro atoms. The molecule has 1 aliphatic heterocycles. The smallest absolute Gasteiger partial charge is 0.258 e. The lowest BCUT2D eigenvalue weighted by Crippen LogP contribution is -2.30. The molecule has 6 heteroatoms. The second-order valence-corrected chi connectivity index (χ2v) is 8.01. The predicted molar refractivity (Wildman–Crippen MR) is 108 cm³/mol. The van der Waals surface area contributed by atoms with Gasteiger partial charge >= 0.3 is 0 Å². The van der Waals surface area contributed by atoms with Crippen LogP contribution in [0.2, 0.25) is 0 Å². The van der Waals surface area contributed by atoms with E-state index < -0.39 is 0 Å². The van der Waals surface area contributed by atoms with Crippen molar-refractivity contribution in [3.05, 3.63) is 65.6 Å². The van der Waals surface area contributed by atoms with Crippen LogP contribution in [0, 0.1) is 0 Å². The second-order valence-electron chi connectivity index (χ2n) is 8.01. The van der Waals surface area contributed by atoms with Crippen molar-refractivity contribution in [3.8, 4) is 11.6 Å². The molecular weight excluding hydrogens is 352 g/mol. The van der Waals surface area contributed by atoms with Gasteiger partial charge in [0.1, 0.15) is 11.6 Å². The van der Waals surface area contributed by atoms with Crippen LogP contribution in [-0.2, 0) is 18.6 Å². The lowest BCUT2D eigenvalue weighted by Gasteiger charge is -2.25. The van der Waals surface area contributed by atoms with Crippen LogP contribution in [0.15, 0.2) is 48.8 Å². The summed E-state index contributed by atoms with van der Waals surface area (Å²) < 4.78 is 9.80. The Morgan fingerprint density at radius 3 is 2.50 bits per heavy atom. The maximum Gasteiger partial charge on any atom is 0.258 e. The summed E-state index contributed by atoms with van der Waals surface area (Å²) in [4.78, 5) is 15.0. The normalized spacial score (nSPS) is 13.6. The van der Waals surface area contributed by atoms with Gasteiger partial charge in [-0.15, -0.1) is 0 Å². The van der Waals surface area contributed by atoms with Gasteiger partial charge in [-0.2, -0.15) is 5.10 Å². The molecule has 0 bridgehead atoms. The molecule has 2 aromatic heterocycles. The summed E-state index contributed by atoms with van der Waals surface area (Å²) in [6.45, 7) is 9.92. The maximum atomic E-state index is 13.2. The number of nitrogens with zero attached hydrogens (tertiary/aromatic N) is 4. The zero-order chi connectivity index (χ0) is 19.9. The van der Waals surface area contributed by atoms with E-state index in [1.807, 2.05) is 60.6 Å². The van der Waals surface area contributed by atoms with Crippen molar-refractivity contribution >= 4 is 5.91 Å². The lowest BCUT2D eigenvalue weighted by molar-refractivity contribution is 0.0744. The molecule has 28 heavy (non-hydrogen) atoms. The van der Waals surface area contributed by atoms with E-state index in [2.05, 4.69) is 30.0 Å². The number of aromatic nitrogens is 3. The van der Waals surface area contributed by atoms with E-state index in [0.29, 0.717) is 31.0 Å². The van der Waals surface area contributed by atoms with E-state index >= 15 is 0 Å². The number of carbonyl (C=O) groups is 1. The summed E-state index contributed by atoms with van der Waals surface area (Å²) >= 11 is 0. The molecule has 4 rings (SSSR count). The van der Waals surface area contributed by atoms with E-state index in [-0.39, 0.29) is 11.4 Å². The summed E-state index contributed by atoms with van der Waals surface area (Å²) in [6.07, 6.45) is 4.04. The molecular formula is C22H26N4O2. The topological polar surface area (TPSA) is 52.3 Å². The van der Waals surface area contributed by atoms with Crippen LogP contribution in [0.4, 0.5) is 0 Å². The van der Waals surface area contributed by atoms with Crippen molar-refractivity contribution in [3.63, 3.8) is 0 Å². The number of hydrogen-bond acceptors (Lipinski definition) is 3. The van der Waals surface area contributed by atoms with Gasteiger partial charge in [-0.1, -0.05) is 12.1 Å². The van der Waals surface area contributed by atoms with Gasteiger partial charge in [0, 0.05) is 18.0 Å². The first-order valence-electron chi connectivity index (χ1n) is 9.66. The number of benzene rings is 1. The molecule has 0 radical (unpaired) electrons. The lowest BCUT2D eigenvalue weighted by atomic mass is 10.1. The van der Waals surface area contributed by atoms with Gasteiger partial charge in [0.05, 0.1) is 36.5 Å². The molecule has 1 aromatic carbocycles. The van der Waals surface area contributed by atoms with Crippen LogP contribution in [0.25, 0.3) is 5.82 Å². The Kier molecular flexibility index (Phi) is 4.49. The second kappa shape index (κ2) is 6.86. The average molecular weight is 378 g/mol. The summed E-state index contributed by atoms with van der Waals surface area (Å²) in [6, 6.07) is 11.4. The van der Waals surface area contributed by atoms with E-state index in [0.717, 1.165) is 17.1 Å². The van der Waals surface area contributed by atoms with Crippen molar-refractivity contribution in [1.29, 1.82) is 0 Å². The van der Waals surface area contributed by atoms with Gasteiger partial charge < -0.3 is 14.2 Å². The minimum absolute atomic E-state index is 0.0252. The largest absolute Gasteiger partial charge is 0.493 e. The molecule has 0 N–H and O–H groups in total. The maximum absolute atomic E-state index is 13.2. The molecule has 146 valence electrons. The number of fused-ring (bicyclic) bond motifs is 1. The first-order valence-corrected chi connectivity index (χ1v) is 9.66. The summed E-state index contributed by atoms with van der Waals surface area (Å²) in [5, 5.41) is 4.87. The Morgan fingerprint density at radius 2 is 1.82 bits per heavy atom. The van der Waals surface area contributed by atoms with Crippen LogP contribution >= 0.6 is 0 Å². The van der Waals surface area contributed by atoms with E-state index in [1.54, 1.807) is 0 Å². The Bertz CT molecular complexity index is 996. The molecule has 3 aromatic rings. The summed E-state index contributed by atoms with van der Waals surface area (Å²) in [7, 11) is 0. The fourth-order valence-electron chi connectivity index (χ4n) is 3.65. The third-order valence-electron chi connectivity index (χ3n) is 4.92. The molecule has 6 nitrogen and oxygen atoms in total. The number of carbonyl (C=O) groups excluding carboxylic acids is 1. The van der Waals surface area contributed by atoms with Gasteiger partial charge in [0.25, 0.3) is 5.91 Å². The molecule has 0 saturated heterocycles. The van der Waals surface area contributed by atoms with Crippen molar-refractivity contribution in [2.24, 2.45) is 0 Å². The fourth-order valence-corrected chi connectivity index (χ4v) is 3.65. The Hall–Kier alpha value is -3.02. The van der Waals surface area contributed by atoms with Crippen LogP contribution in [0.3, 0.4) is 0 Å². The SMILES string of the molecule is CCOc1ccccc1C(=O)N1Cc2nn(C(C)(C)C)c(-n3cccc3)c2C1. The van der Waals surface area contributed by atoms with E-state index in [1.165, 1.54) is 0 Å². The predicted octanol–water partition coefficient (Wildman–Crippen LogP) is 3.98. The molecule has 3 heterocycles. The van der Waals surface area contributed by atoms with Gasteiger partial charge in [-0.25, -0.2) is 4.68 Å². The minimum atomic E-state index is -0.152. The first kappa shape index (κ1) is 18.3. The van der Waals surface area contributed by atoms with Crippen LogP contribution in [-0.4, -0.2) is 31.8 Å². The standard InChI is InChI=1S/C22H26N4O2/c1-5-28-19-11-7-6-10-16(19)21(27)25-14-17-18(15-25)23-26(22(2,3)4)20(17)24-12-8-9-13-24/h6-13H,5,14-15H2,1-4H3. The molecule has 0 saturated carbocycles. The van der Waals surface area contributed by atoms with Crippen LogP contribution < -0.4 is 4.74 Å². The summed E-state index contributed by atoms with van der Waals surface area (Å²) in [5.74, 6) is 1.63. The number of hydrogen-bond donors (Lipinski definition) is 0. The molecule has 1 amide bonds. The van der Waals surface area contributed by atoms with Crippen molar-refractivity contribution in [1.82, 2.24) is 19.2 Å². The number of para-hydroxylation sites is 1. The summed E-state index contributed by atoms with van der Waals surface area (Å²) in [5.41, 5.74) is 2.51. The number of ether oxygens (including phenoxy) is 1. The Morgan fingerprint density at radius 1 is 1.11 bits per heavy atom. The van der Waals surface area contributed by atoms with Crippen molar-refractivity contribution in [2.45, 2.75) is 46.3 Å². The van der Waals surface area contributed by atoms with Gasteiger partial charge in [-0.3, -0.25) is 4.79 Å². The van der Waals surface area contributed by atoms with Gasteiger partial charge in [0.2, 0.25) is 0 Å². The highest BCUT2D eigenvalue weighted by Crippen LogP contribution is 2.33. The van der Waals surface area contributed by atoms with Crippen LogP contribution in [0.5, 0.6) is 5.75 Å². The van der Waals surface area contributed by atoms with Gasteiger partial charge in [0.15, 0.2) is 0 Å². The van der Waals surface area contributed by atoms with E-state index in [9.17, 15) is 4.79 Å². The molecule has 0 atom stereocenters. The quantitative estimate of drug-likeness (QED) is 0.690. The fraction of sp³-hybridized carbons (Fsp3) is 0.364. The van der Waals surface area contributed by atoms with Crippen LogP contribution in [0.1, 0.15) is 49.3 Å². The number of amides is 1. The Balaban J connectivity index is 1.69. The third-order valence-corrected chi connectivity index (χ3v) is 4.92. The molecule has 0 aliphatic carbocycles. The van der Waals surface area contributed by atoms with Gasteiger partial charge in [-0.05, 0) is 52.0 Å². The van der Waals surface area contributed by atoms with E-state index in [4.69, 9.17) is 9.84 Å². The first-order chi connectivity index (χ1) is 13.4. The highest BCUT2D eigenvalue weighted by atomic mass is 16.5. The minimum Gasteiger partial charge on any atom is -0.493 e. The zero-order valence-electron chi connectivity index (χ0n) is 16.8. The zero-order valence-corrected chi connectivity index (χ0v) is 16.8. The van der Waals surface area contributed by atoms with Crippen molar-refractivity contribution < 1.29 is 9.53 Å². The molecule has 0 fully saturated rings. The highest BCUT2D eigenvalue weighted by molar-refractivity contribution is 5.97. The molecule has 1 aliphatic rings. The monoisotopic (exact) mass is 378 g/mol. The van der Waals surface area contributed by atoms with Crippen molar-refractivity contribution in [2.75, 3.05) is 6.61 Å². The number of rotatable bonds is 4. The highest BCUT2D eigenvalue weighted by Gasteiger charge is 2.34. The average Bonchev–Trinajstić information content (AvgIpc) is 3.36.